The van der Waals surface area contributed by atoms with Gasteiger partial charge in [-0.15, -0.1) is 0 Å². The van der Waals surface area contributed by atoms with Gasteiger partial charge < -0.3 is 15.7 Å². The summed E-state index contributed by atoms with van der Waals surface area (Å²) in [5.74, 6) is -0.0515. The Kier molecular flexibility index (Phi) is 3.05. The molecule has 0 aliphatic carbocycles. The predicted octanol–water partition coefficient (Wildman–Crippen LogP) is -0.826. The minimum Gasteiger partial charge on any atom is -0.391 e. The van der Waals surface area contributed by atoms with Crippen molar-refractivity contribution >= 4 is 5.91 Å². The minimum absolute atomic E-state index is 0.0639. The number of hydrogen-bond donors (Lipinski definition) is 2. The standard InChI is InChI=1S/C8H16N2O2/c1-6(4-9)8(12)10-3-2-7(11)5-10/h6-7,11H,2-5,9H2,1H3/t6?,7-/m1/s1. The number of aliphatic hydroxyl groups excluding tert-OH is 1. The lowest BCUT2D eigenvalue weighted by Gasteiger charge is -2.18. The Hall–Kier alpha value is -0.610. The lowest BCUT2D eigenvalue weighted by Crippen LogP contribution is -2.36. The average molecular weight is 172 g/mol. The van der Waals surface area contributed by atoms with Crippen LogP contribution >= 0.6 is 0 Å². The smallest absolute Gasteiger partial charge is 0.226 e. The number of amides is 1. The van der Waals surface area contributed by atoms with Gasteiger partial charge in [0.15, 0.2) is 0 Å². The highest BCUT2D eigenvalue weighted by Gasteiger charge is 2.26. The molecule has 70 valence electrons. The zero-order valence-corrected chi connectivity index (χ0v) is 7.36. The summed E-state index contributed by atoms with van der Waals surface area (Å²) in [7, 11) is 0. The molecule has 1 fully saturated rings. The van der Waals surface area contributed by atoms with Gasteiger partial charge in [0.1, 0.15) is 0 Å². The summed E-state index contributed by atoms with van der Waals surface area (Å²) < 4.78 is 0. The second-order valence-corrected chi connectivity index (χ2v) is 3.36. The first-order valence-electron chi connectivity index (χ1n) is 4.32. The van der Waals surface area contributed by atoms with E-state index in [4.69, 9.17) is 5.73 Å². The summed E-state index contributed by atoms with van der Waals surface area (Å²) in [6.07, 6.45) is 0.363. The van der Waals surface area contributed by atoms with E-state index in [0.717, 1.165) is 0 Å². The van der Waals surface area contributed by atoms with Crippen LogP contribution in [0, 0.1) is 5.92 Å². The number of rotatable bonds is 2. The minimum atomic E-state index is -0.334. The maximum atomic E-state index is 11.5. The van der Waals surface area contributed by atoms with Crippen molar-refractivity contribution < 1.29 is 9.90 Å². The summed E-state index contributed by atoms with van der Waals surface area (Å²) in [5.41, 5.74) is 5.37. The van der Waals surface area contributed by atoms with Crippen LogP contribution in [0.15, 0.2) is 0 Å². The molecule has 0 bridgehead atoms. The topological polar surface area (TPSA) is 66.6 Å². The van der Waals surface area contributed by atoms with Crippen molar-refractivity contribution in [2.45, 2.75) is 19.4 Å². The van der Waals surface area contributed by atoms with Crippen LogP contribution in [0.2, 0.25) is 0 Å². The van der Waals surface area contributed by atoms with Crippen molar-refractivity contribution in [1.82, 2.24) is 4.90 Å². The first kappa shape index (κ1) is 9.48. The monoisotopic (exact) mass is 172 g/mol. The van der Waals surface area contributed by atoms with Gasteiger partial charge in [-0.2, -0.15) is 0 Å². The van der Waals surface area contributed by atoms with Gasteiger partial charge in [0.25, 0.3) is 0 Å². The lowest BCUT2D eigenvalue weighted by atomic mass is 10.1. The van der Waals surface area contributed by atoms with Gasteiger partial charge >= 0.3 is 0 Å². The number of β-amino-alcohol motifs (C(OH)–C–C–N with tert-alkyl or cyclic N) is 1. The molecule has 1 saturated heterocycles. The van der Waals surface area contributed by atoms with Gasteiger partial charge in [-0.25, -0.2) is 0 Å². The van der Waals surface area contributed by atoms with Crippen LogP contribution in [-0.4, -0.2) is 41.7 Å². The number of nitrogens with zero attached hydrogens (tertiary/aromatic N) is 1. The number of aliphatic hydroxyl groups is 1. The Morgan fingerprint density at radius 1 is 1.83 bits per heavy atom. The third kappa shape index (κ3) is 1.95. The van der Waals surface area contributed by atoms with Gasteiger partial charge in [0, 0.05) is 25.6 Å². The van der Waals surface area contributed by atoms with E-state index < -0.39 is 0 Å². The Labute approximate surface area is 72.3 Å². The molecule has 1 aliphatic heterocycles. The normalized spacial score (nSPS) is 25.9. The van der Waals surface area contributed by atoms with Gasteiger partial charge in [0.2, 0.25) is 5.91 Å². The highest BCUT2D eigenvalue weighted by molar-refractivity contribution is 5.79. The van der Waals surface area contributed by atoms with Crippen molar-refractivity contribution in [3.8, 4) is 0 Å². The summed E-state index contributed by atoms with van der Waals surface area (Å²) in [6, 6.07) is 0. The SMILES string of the molecule is CC(CN)C(=O)N1CC[C@@H](O)C1. The molecule has 3 N–H and O–H groups in total. The zero-order chi connectivity index (χ0) is 9.14. The largest absolute Gasteiger partial charge is 0.391 e. The molecule has 0 spiro atoms. The van der Waals surface area contributed by atoms with Crippen LogP contribution in [0.5, 0.6) is 0 Å². The average Bonchev–Trinajstić information content (AvgIpc) is 2.49. The Balaban J connectivity index is 2.43. The molecule has 4 nitrogen and oxygen atoms in total. The third-order valence-corrected chi connectivity index (χ3v) is 2.25. The number of nitrogens with two attached hydrogens (primary N) is 1. The first-order valence-corrected chi connectivity index (χ1v) is 4.32. The third-order valence-electron chi connectivity index (χ3n) is 2.25. The van der Waals surface area contributed by atoms with Gasteiger partial charge in [0.05, 0.1) is 6.10 Å². The fraction of sp³-hybridized carbons (Fsp3) is 0.875. The molecule has 4 heteroatoms. The predicted molar refractivity (Wildman–Crippen MR) is 45.4 cm³/mol. The molecule has 0 radical (unpaired) electrons. The van der Waals surface area contributed by atoms with E-state index in [0.29, 0.717) is 26.1 Å². The molecule has 0 aromatic heterocycles. The fourth-order valence-electron chi connectivity index (χ4n) is 1.35. The van der Waals surface area contributed by atoms with Crippen LogP contribution in [-0.2, 0) is 4.79 Å². The van der Waals surface area contributed by atoms with E-state index in [-0.39, 0.29) is 17.9 Å². The molecule has 0 aromatic rings. The lowest BCUT2D eigenvalue weighted by molar-refractivity contribution is -0.133. The number of likely N-dealkylation sites (tertiary alicyclic amines) is 1. The van der Waals surface area contributed by atoms with E-state index in [1.807, 2.05) is 6.92 Å². The molecule has 1 heterocycles. The van der Waals surface area contributed by atoms with Crippen LogP contribution in [0.4, 0.5) is 0 Å². The molecule has 2 atom stereocenters. The second kappa shape index (κ2) is 3.87. The molecule has 1 unspecified atom stereocenters. The summed E-state index contributed by atoms with van der Waals surface area (Å²) >= 11 is 0. The quantitative estimate of drug-likeness (QED) is 0.571. The number of hydrogen-bond acceptors (Lipinski definition) is 3. The maximum absolute atomic E-state index is 11.5. The molecule has 0 aromatic carbocycles. The Morgan fingerprint density at radius 2 is 2.50 bits per heavy atom. The van der Waals surface area contributed by atoms with E-state index >= 15 is 0 Å². The number of carbonyl (C=O) groups is 1. The van der Waals surface area contributed by atoms with Gasteiger partial charge in [-0.1, -0.05) is 6.92 Å². The van der Waals surface area contributed by atoms with E-state index in [1.165, 1.54) is 0 Å². The van der Waals surface area contributed by atoms with Crippen molar-refractivity contribution in [1.29, 1.82) is 0 Å². The van der Waals surface area contributed by atoms with E-state index in [9.17, 15) is 9.90 Å². The molecule has 1 amide bonds. The van der Waals surface area contributed by atoms with Gasteiger partial charge in [-0.3, -0.25) is 4.79 Å². The van der Waals surface area contributed by atoms with Gasteiger partial charge in [-0.05, 0) is 6.42 Å². The van der Waals surface area contributed by atoms with E-state index in [2.05, 4.69) is 0 Å². The summed E-state index contributed by atoms with van der Waals surface area (Å²) in [5, 5.41) is 9.18. The highest BCUT2D eigenvalue weighted by atomic mass is 16.3. The Morgan fingerprint density at radius 3 is 2.92 bits per heavy atom. The Bertz CT molecular complexity index is 172. The molecule has 1 aliphatic rings. The molecule has 1 rings (SSSR count). The molecular formula is C8H16N2O2. The van der Waals surface area contributed by atoms with Crippen molar-refractivity contribution in [3.05, 3.63) is 0 Å². The van der Waals surface area contributed by atoms with Crippen molar-refractivity contribution in [2.24, 2.45) is 11.7 Å². The summed E-state index contributed by atoms with van der Waals surface area (Å²) in [4.78, 5) is 13.1. The van der Waals surface area contributed by atoms with Crippen molar-refractivity contribution in [2.75, 3.05) is 19.6 Å². The highest BCUT2D eigenvalue weighted by Crippen LogP contribution is 2.11. The second-order valence-electron chi connectivity index (χ2n) is 3.36. The summed E-state index contributed by atoms with van der Waals surface area (Å²) in [6.45, 7) is 3.34. The first-order chi connectivity index (χ1) is 5.65. The zero-order valence-electron chi connectivity index (χ0n) is 7.36. The maximum Gasteiger partial charge on any atom is 0.226 e. The number of carbonyl (C=O) groups excluding carboxylic acids is 1. The molecular weight excluding hydrogens is 156 g/mol. The molecule has 12 heavy (non-hydrogen) atoms. The van der Waals surface area contributed by atoms with Crippen LogP contribution in [0.1, 0.15) is 13.3 Å². The van der Waals surface area contributed by atoms with Crippen LogP contribution < -0.4 is 5.73 Å². The van der Waals surface area contributed by atoms with Crippen molar-refractivity contribution in [3.63, 3.8) is 0 Å². The molecule has 0 saturated carbocycles. The fourth-order valence-corrected chi connectivity index (χ4v) is 1.35. The van der Waals surface area contributed by atoms with E-state index in [1.54, 1.807) is 4.90 Å². The van der Waals surface area contributed by atoms with Crippen LogP contribution in [0.3, 0.4) is 0 Å². The van der Waals surface area contributed by atoms with Crippen LogP contribution in [0.25, 0.3) is 0 Å².